The van der Waals surface area contributed by atoms with Crippen LogP contribution in [0.3, 0.4) is 0 Å². The lowest BCUT2D eigenvalue weighted by atomic mass is 10.1. The molecule has 0 unspecified atom stereocenters. The van der Waals surface area contributed by atoms with Crippen LogP contribution in [0.4, 0.5) is 30.8 Å². The number of alkyl halides is 3. The molecule has 3 aromatic rings. The molecule has 18 heteroatoms. The van der Waals surface area contributed by atoms with Gasteiger partial charge in [-0.1, -0.05) is 12.1 Å². The number of esters is 1. The molecule has 3 heterocycles. The summed E-state index contributed by atoms with van der Waals surface area (Å²) in [4.78, 5) is 42.5. The maximum Gasteiger partial charge on any atom is 0.422 e. The summed E-state index contributed by atoms with van der Waals surface area (Å²) >= 11 is 0. The van der Waals surface area contributed by atoms with Crippen molar-refractivity contribution in [1.29, 1.82) is 0 Å². The van der Waals surface area contributed by atoms with Crippen LogP contribution in [-0.2, 0) is 16.1 Å². The third kappa shape index (κ3) is 13.4. The fourth-order valence-electron chi connectivity index (χ4n) is 4.78. The molecule has 51 heavy (non-hydrogen) atoms. The summed E-state index contributed by atoms with van der Waals surface area (Å²) in [6.45, 7) is 1.44. The normalized spacial score (nSPS) is 14.2. The lowest BCUT2D eigenvalue weighted by molar-refractivity contribution is -0.154. The zero-order valence-corrected chi connectivity index (χ0v) is 28.1. The number of carbonyl (C=O) groups is 2. The van der Waals surface area contributed by atoms with Crippen molar-refractivity contribution in [2.45, 2.75) is 64.2 Å². The Balaban J connectivity index is 1.61. The summed E-state index contributed by atoms with van der Waals surface area (Å²) in [7, 11) is 0. The minimum absolute atomic E-state index is 0.0480. The van der Waals surface area contributed by atoms with Crippen LogP contribution in [0.2, 0.25) is 0 Å². The first-order valence-corrected chi connectivity index (χ1v) is 16.5. The van der Waals surface area contributed by atoms with Crippen molar-refractivity contribution >= 4 is 35.4 Å². The molecule has 5 rings (SSSR count). The Bertz CT molecular complexity index is 1620. The number of anilines is 3. The first kappa shape index (κ1) is 38.3. The third-order valence-corrected chi connectivity index (χ3v) is 7.22. The summed E-state index contributed by atoms with van der Waals surface area (Å²) < 4.78 is 60.8. The number of hydrogen-bond acceptors (Lipinski definition) is 12. The van der Waals surface area contributed by atoms with Gasteiger partial charge in [0.25, 0.3) is 5.91 Å². The van der Waals surface area contributed by atoms with E-state index in [0.29, 0.717) is 30.9 Å². The van der Waals surface area contributed by atoms with E-state index in [-0.39, 0.29) is 61.9 Å². The minimum atomic E-state index is -4.62. The molecule has 0 aliphatic carbocycles. The van der Waals surface area contributed by atoms with Crippen LogP contribution in [0.15, 0.2) is 47.5 Å². The van der Waals surface area contributed by atoms with Crippen LogP contribution in [0.1, 0.15) is 61.4 Å². The quantitative estimate of drug-likeness (QED) is 0.0862. The summed E-state index contributed by atoms with van der Waals surface area (Å²) in [5, 5.41) is 8.64. The summed E-state index contributed by atoms with van der Waals surface area (Å²) in [6, 6.07) is 10.3. The summed E-state index contributed by atoms with van der Waals surface area (Å²) in [5.41, 5.74) is 12.1. The molecule has 2 aliphatic heterocycles. The highest BCUT2D eigenvalue weighted by atomic mass is 19.4. The number of carbonyl (C=O) groups excluding carboxylic acids is 2. The Labute approximate surface area is 292 Å². The third-order valence-electron chi connectivity index (χ3n) is 7.22. The van der Waals surface area contributed by atoms with Gasteiger partial charge in [-0.05, 0) is 75.3 Å². The molecule has 2 aliphatic rings. The predicted molar refractivity (Wildman–Crippen MR) is 182 cm³/mol. The van der Waals surface area contributed by atoms with Gasteiger partial charge in [-0.25, -0.2) is 4.79 Å². The van der Waals surface area contributed by atoms with E-state index in [1.165, 1.54) is 18.2 Å². The second kappa shape index (κ2) is 19.0. The zero-order chi connectivity index (χ0) is 36.6. The van der Waals surface area contributed by atoms with Crippen molar-refractivity contribution in [3.8, 4) is 17.5 Å². The van der Waals surface area contributed by atoms with Crippen molar-refractivity contribution in [2.24, 2.45) is 16.5 Å². The van der Waals surface area contributed by atoms with E-state index < -0.39 is 36.7 Å². The number of fused-ring (bicyclic) bond motifs is 10. The van der Waals surface area contributed by atoms with Crippen molar-refractivity contribution in [3.05, 3.63) is 53.6 Å². The van der Waals surface area contributed by atoms with E-state index in [4.69, 9.17) is 30.4 Å². The number of nitrogens with one attached hydrogen (secondary N) is 3. The van der Waals surface area contributed by atoms with Crippen molar-refractivity contribution < 1.29 is 41.7 Å². The largest absolute Gasteiger partial charge is 0.494 e. The Morgan fingerprint density at radius 1 is 1.00 bits per heavy atom. The van der Waals surface area contributed by atoms with Gasteiger partial charge < -0.3 is 46.4 Å². The molecule has 0 fully saturated rings. The number of hydrogen-bond donors (Lipinski definition) is 5. The van der Waals surface area contributed by atoms with Crippen molar-refractivity contribution in [2.75, 3.05) is 43.6 Å². The van der Waals surface area contributed by atoms with Crippen LogP contribution in [0.5, 0.6) is 17.5 Å². The van der Waals surface area contributed by atoms with E-state index >= 15 is 0 Å². The molecule has 276 valence electrons. The van der Waals surface area contributed by atoms with Gasteiger partial charge in [0.1, 0.15) is 17.5 Å². The van der Waals surface area contributed by atoms with E-state index in [2.05, 4.69) is 35.9 Å². The fourth-order valence-corrected chi connectivity index (χ4v) is 4.78. The molecule has 0 spiro atoms. The number of halogens is 3. The number of aliphatic imine (C=N–C) groups is 1. The van der Waals surface area contributed by atoms with E-state index in [0.717, 1.165) is 24.8 Å². The molecule has 1 amide bonds. The SMILES string of the molecule is CCOC(=O)[C@H](CCCN=C(N)N)NC(=O)c1ccc2cc1OCCCCCCOc1ccc(cc1)CNc1nc(nc(OCC(F)(F)F)n1)N2. The van der Waals surface area contributed by atoms with Crippen molar-refractivity contribution in [1.82, 2.24) is 20.3 Å². The van der Waals surface area contributed by atoms with Crippen LogP contribution in [-0.4, -0.2) is 78.0 Å². The number of rotatable bonds is 10. The highest BCUT2D eigenvalue weighted by Gasteiger charge is 2.29. The maximum atomic E-state index is 13.6. The number of amides is 1. The van der Waals surface area contributed by atoms with Crippen LogP contribution in [0.25, 0.3) is 0 Å². The first-order valence-electron chi connectivity index (χ1n) is 16.5. The lowest BCUT2D eigenvalue weighted by Gasteiger charge is -2.19. The van der Waals surface area contributed by atoms with Gasteiger partial charge in [-0.2, -0.15) is 28.1 Å². The highest BCUT2D eigenvalue weighted by Crippen LogP contribution is 2.27. The average molecular weight is 718 g/mol. The molecule has 2 aromatic carbocycles. The number of guanidine groups is 1. The van der Waals surface area contributed by atoms with Gasteiger partial charge in [0.2, 0.25) is 11.9 Å². The van der Waals surface area contributed by atoms with Crippen LogP contribution >= 0.6 is 0 Å². The second-order valence-electron chi connectivity index (χ2n) is 11.3. The monoisotopic (exact) mass is 717 g/mol. The predicted octanol–water partition coefficient (Wildman–Crippen LogP) is 4.22. The minimum Gasteiger partial charge on any atom is -0.494 e. The molecule has 0 saturated heterocycles. The topological polar surface area (TPSA) is 210 Å². The Morgan fingerprint density at radius 3 is 2.43 bits per heavy atom. The van der Waals surface area contributed by atoms with E-state index in [9.17, 15) is 22.8 Å². The zero-order valence-electron chi connectivity index (χ0n) is 28.1. The fraction of sp³-hybridized carbons (Fsp3) is 0.455. The Morgan fingerprint density at radius 2 is 1.73 bits per heavy atom. The van der Waals surface area contributed by atoms with Gasteiger partial charge in [0, 0.05) is 24.8 Å². The van der Waals surface area contributed by atoms with E-state index in [1.807, 2.05) is 24.3 Å². The average Bonchev–Trinajstić information content (AvgIpc) is 3.08. The molecular formula is C33H42F3N9O6. The van der Waals surface area contributed by atoms with Gasteiger partial charge in [0.15, 0.2) is 12.6 Å². The number of nitrogens with zero attached hydrogens (tertiary/aromatic N) is 4. The second-order valence-corrected chi connectivity index (χ2v) is 11.3. The van der Waals surface area contributed by atoms with Gasteiger partial charge in [0.05, 0.1) is 25.4 Å². The van der Waals surface area contributed by atoms with Gasteiger partial charge in [-0.15, -0.1) is 0 Å². The lowest BCUT2D eigenvalue weighted by Crippen LogP contribution is -2.42. The molecule has 1 atom stereocenters. The maximum absolute atomic E-state index is 13.6. The number of ether oxygens (including phenoxy) is 4. The Hall–Kier alpha value is -5.55. The van der Waals surface area contributed by atoms with Crippen LogP contribution in [0, 0.1) is 0 Å². The molecule has 15 nitrogen and oxygen atoms in total. The molecule has 7 N–H and O–H groups in total. The Kier molecular flexibility index (Phi) is 14.3. The molecule has 0 radical (unpaired) electrons. The van der Waals surface area contributed by atoms with E-state index in [1.54, 1.807) is 6.92 Å². The summed E-state index contributed by atoms with van der Waals surface area (Å²) in [6.07, 6.45) is -0.801. The smallest absolute Gasteiger partial charge is 0.422 e. The number of aromatic nitrogens is 3. The molecule has 1 aromatic heterocycles. The first-order chi connectivity index (χ1) is 24.5. The number of nitrogens with two attached hydrogens (primary N) is 2. The standard InChI is InChI=1S/C33H42F3N9O6/c1-2-48-28(47)25(8-7-15-39-29(37)38)42-27(46)24-14-11-22-18-26(24)50-17-6-4-3-5-16-49-23-12-9-21(10-13-23)19-40-30-43-31(41-22)45-32(44-30)51-20-33(34,35)36/h9-14,18,25H,2-8,15-17,19-20H2,1H3,(H,42,46)(H4,37,38,39)(H2,40,41,43,44,45)/t25-/m0/s1. The molecule has 6 bridgehead atoms. The van der Waals surface area contributed by atoms with Gasteiger partial charge in [-0.3, -0.25) is 9.79 Å². The van der Waals surface area contributed by atoms with Crippen molar-refractivity contribution in [3.63, 3.8) is 0 Å². The van der Waals surface area contributed by atoms with Crippen LogP contribution < -0.4 is 41.6 Å². The summed E-state index contributed by atoms with van der Waals surface area (Å²) in [5.74, 6) is -0.604. The molecule has 0 saturated carbocycles. The van der Waals surface area contributed by atoms with Gasteiger partial charge >= 0.3 is 18.2 Å². The highest BCUT2D eigenvalue weighted by molar-refractivity contribution is 5.99. The molecular weight excluding hydrogens is 675 g/mol. The number of benzene rings is 2.